The van der Waals surface area contributed by atoms with Gasteiger partial charge >= 0.3 is 17.9 Å². The lowest BCUT2D eigenvalue weighted by molar-refractivity contribution is -0.167. The Morgan fingerprint density at radius 3 is 0.964 bits per heavy atom. The molecular formula is C49H92O6. The van der Waals surface area contributed by atoms with Gasteiger partial charge in [-0.25, -0.2) is 0 Å². The van der Waals surface area contributed by atoms with E-state index in [4.69, 9.17) is 14.2 Å². The first kappa shape index (κ1) is 53.1. The second-order valence-corrected chi connectivity index (χ2v) is 16.4. The van der Waals surface area contributed by atoms with Crippen molar-refractivity contribution < 1.29 is 28.6 Å². The lowest BCUT2D eigenvalue weighted by Gasteiger charge is -2.18. The summed E-state index contributed by atoms with van der Waals surface area (Å²) in [6.07, 6.45) is 47.7. The number of hydrogen-bond acceptors (Lipinski definition) is 6. The van der Waals surface area contributed by atoms with Gasteiger partial charge in [-0.05, 0) is 38.5 Å². The highest BCUT2D eigenvalue weighted by Crippen LogP contribution is 2.16. The number of ether oxygens (including phenoxy) is 3. The molecule has 1 atom stereocenters. The van der Waals surface area contributed by atoms with Crippen molar-refractivity contribution in [2.24, 2.45) is 0 Å². The minimum Gasteiger partial charge on any atom is -0.462 e. The van der Waals surface area contributed by atoms with E-state index in [1.165, 1.54) is 161 Å². The molecule has 0 radical (unpaired) electrons. The molecule has 0 heterocycles. The van der Waals surface area contributed by atoms with Crippen LogP contribution in [0.1, 0.15) is 265 Å². The Kier molecular flexibility index (Phi) is 43.4. The molecule has 55 heavy (non-hydrogen) atoms. The first-order valence-corrected chi connectivity index (χ1v) is 24.2. The van der Waals surface area contributed by atoms with Crippen LogP contribution in [0.3, 0.4) is 0 Å². The fourth-order valence-corrected chi connectivity index (χ4v) is 7.07. The summed E-state index contributed by atoms with van der Waals surface area (Å²) in [6.45, 7) is 6.59. The highest BCUT2D eigenvalue weighted by Gasteiger charge is 2.19. The summed E-state index contributed by atoms with van der Waals surface area (Å²) in [5.41, 5.74) is 0. The van der Waals surface area contributed by atoms with Gasteiger partial charge in [0.05, 0.1) is 0 Å². The maximum absolute atomic E-state index is 12.7. The Morgan fingerprint density at radius 1 is 0.345 bits per heavy atom. The second-order valence-electron chi connectivity index (χ2n) is 16.4. The van der Waals surface area contributed by atoms with Crippen LogP contribution in [0.4, 0.5) is 0 Å². The number of rotatable bonds is 44. The maximum Gasteiger partial charge on any atom is 0.306 e. The third-order valence-electron chi connectivity index (χ3n) is 10.8. The molecule has 0 amide bonds. The standard InChI is InChI=1S/C49H92O6/c1-4-7-10-13-16-19-21-22-23-24-25-26-28-30-33-36-39-42-48(51)54-45-46(44-53-47(50)41-38-35-32-29-18-15-12-9-6-3)55-49(52)43-40-37-34-31-27-20-17-14-11-8-5-2/h14,17,46H,4-13,15-16,18-45H2,1-3H3/b17-14-. The zero-order valence-corrected chi connectivity index (χ0v) is 37.0. The summed E-state index contributed by atoms with van der Waals surface area (Å²) in [7, 11) is 0. The first-order chi connectivity index (χ1) is 27.0. The lowest BCUT2D eigenvalue weighted by atomic mass is 10.0. The highest BCUT2D eigenvalue weighted by molar-refractivity contribution is 5.71. The van der Waals surface area contributed by atoms with E-state index in [1.54, 1.807) is 0 Å². The summed E-state index contributed by atoms with van der Waals surface area (Å²) in [6, 6.07) is 0. The molecule has 0 aliphatic heterocycles. The van der Waals surface area contributed by atoms with Crippen LogP contribution in [0.5, 0.6) is 0 Å². The van der Waals surface area contributed by atoms with Gasteiger partial charge in [0, 0.05) is 19.3 Å². The molecule has 324 valence electrons. The van der Waals surface area contributed by atoms with Crippen LogP contribution < -0.4 is 0 Å². The minimum absolute atomic E-state index is 0.0688. The quantitative estimate of drug-likeness (QED) is 0.0265. The fourth-order valence-electron chi connectivity index (χ4n) is 7.07. The molecule has 0 aliphatic carbocycles. The number of allylic oxidation sites excluding steroid dienone is 2. The number of unbranched alkanes of at least 4 members (excludes halogenated alkanes) is 31. The van der Waals surface area contributed by atoms with Gasteiger partial charge in [-0.3, -0.25) is 14.4 Å². The molecule has 0 saturated carbocycles. The molecule has 0 aromatic heterocycles. The Balaban J connectivity index is 4.25. The van der Waals surface area contributed by atoms with Gasteiger partial charge in [0.25, 0.3) is 0 Å². The molecule has 0 aliphatic rings. The molecule has 0 saturated heterocycles. The average Bonchev–Trinajstić information content (AvgIpc) is 3.18. The van der Waals surface area contributed by atoms with Crippen molar-refractivity contribution in [3.05, 3.63) is 12.2 Å². The van der Waals surface area contributed by atoms with Crippen molar-refractivity contribution in [1.82, 2.24) is 0 Å². The average molecular weight is 777 g/mol. The highest BCUT2D eigenvalue weighted by atomic mass is 16.6. The van der Waals surface area contributed by atoms with E-state index in [1.807, 2.05) is 0 Å². The molecule has 0 aromatic carbocycles. The molecule has 6 heteroatoms. The van der Waals surface area contributed by atoms with Gasteiger partial charge in [-0.1, -0.05) is 219 Å². The Labute approximate surface area is 341 Å². The molecule has 0 N–H and O–H groups in total. The molecule has 1 unspecified atom stereocenters. The topological polar surface area (TPSA) is 78.9 Å². The van der Waals surface area contributed by atoms with E-state index in [9.17, 15) is 14.4 Å². The van der Waals surface area contributed by atoms with E-state index in [-0.39, 0.29) is 31.1 Å². The minimum atomic E-state index is -0.765. The molecule has 6 nitrogen and oxygen atoms in total. The number of carbonyl (C=O) groups is 3. The van der Waals surface area contributed by atoms with Crippen molar-refractivity contribution in [3.8, 4) is 0 Å². The van der Waals surface area contributed by atoms with Gasteiger partial charge < -0.3 is 14.2 Å². The lowest BCUT2D eigenvalue weighted by Crippen LogP contribution is -2.30. The number of hydrogen-bond donors (Lipinski definition) is 0. The van der Waals surface area contributed by atoms with E-state index in [0.29, 0.717) is 19.3 Å². The zero-order chi connectivity index (χ0) is 40.1. The molecular weight excluding hydrogens is 685 g/mol. The monoisotopic (exact) mass is 777 g/mol. The van der Waals surface area contributed by atoms with Crippen molar-refractivity contribution in [2.75, 3.05) is 13.2 Å². The summed E-state index contributed by atoms with van der Waals surface area (Å²) >= 11 is 0. The fraction of sp³-hybridized carbons (Fsp3) is 0.898. The third-order valence-corrected chi connectivity index (χ3v) is 10.8. The van der Waals surface area contributed by atoms with E-state index in [2.05, 4.69) is 32.9 Å². The van der Waals surface area contributed by atoms with E-state index < -0.39 is 6.10 Å². The van der Waals surface area contributed by atoms with Crippen LogP contribution in [0.2, 0.25) is 0 Å². The Hall–Kier alpha value is -1.85. The van der Waals surface area contributed by atoms with Crippen LogP contribution in [0.25, 0.3) is 0 Å². The van der Waals surface area contributed by atoms with Crippen LogP contribution in [-0.2, 0) is 28.6 Å². The maximum atomic E-state index is 12.7. The van der Waals surface area contributed by atoms with Crippen molar-refractivity contribution in [3.63, 3.8) is 0 Å². The van der Waals surface area contributed by atoms with Crippen LogP contribution in [0, 0.1) is 0 Å². The van der Waals surface area contributed by atoms with Crippen LogP contribution in [0.15, 0.2) is 12.2 Å². The van der Waals surface area contributed by atoms with Crippen molar-refractivity contribution in [1.29, 1.82) is 0 Å². The molecule has 0 spiro atoms. The number of carbonyl (C=O) groups excluding carboxylic acids is 3. The van der Waals surface area contributed by atoms with Gasteiger partial charge in [-0.15, -0.1) is 0 Å². The molecule has 0 fully saturated rings. The largest absolute Gasteiger partial charge is 0.462 e. The predicted molar refractivity (Wildman–Crippen MR) is 233 cm³/mol. The summed E-state index contributed by atoms with van der Waals surface area (Å²) < 4.78 is 16.7. The number of esters is 3. The van der Waals surface area contributed by atoms with Gasteiger partial charge in [0.1, 0.15) is 13.2 Å². The predicted octanol–water partition coefficient (Wildman–Crippen LogP) is 15.4. The summed E-state index contributed by atoms with van der Waals surface area (Å²) in [4.78, 5) is 37.7. The van der Waals surface area contributed by atoms with Crippen LogP contribution >= 0.6 is 0 Å². The van der Waals surface area contributed by atoms with E-state index in [0.717, 1.165) is 64.2 Å². The molecule has 0 aromatic rings. The van der Waals surface area contributed by atoms with Gasteiger partial charge in [0.15, 0.2) is 6.10 Å². The summed E-state index contributed by atoms with van der Waals surface area (Å²) in [5.74, 6) is -0.870. The normalized spacial score (nSPS) is 12.0. The van der Waals surface area contributed by atoms with Gasteiger partial charge in [-0.2, -0.15) is 0 Å². The smallest absolute Gasteiger partial charge is 0.306 e. The zero-order valence-electron chi connectivity index (χ0n) is 37.0. The SMILES string of the molecule is CCCC/C=C\CCCCCCCC(=O)OC(COC(=O)CCCCCCCCCCC)COC(=O)CCCCCCCCCCCCCCCCCCC. The van der Waals surface area contributed by atoms with Crippen molar-refractivity contribution >= 4 is 17.9 Å². The van der Waals surface area contributed by atoms with Crippen molar-refractivity contribution in [2.45, 2.75) is 271 Å². The first-order valence-electron chi connectivity index (χ1n) is 24.2. The van der Waals surface area contributed by atoms with Gasteiger partial charge in [0.2, 0.25) is 0 Å². The second kappa shape index (κ2) is 44.9. The third kappa shape index (κ3) is 43.1. The molecule has 0 bridgehead atoms. The molecule has 0 rings (SSSR count). The van der Waals surface area contributed by atoms with Crippen LogP contribution in [-0.4, -0.2) is 37.2 Å². The van der Waals surface area contributed by atoms with E-state index >= 15 is 0 Å². The summed E-state index contributed by atoms with van der Waals surface area (Å²) in [5, 5.41) is 0. The Bertz CT molecular complexity index is 854. The Morgan fingerprint density at radius 2 is 0.618 bits per heavy atom.